The van der Waals surface area contributed by atoms with Crippen LogP contribution in [0.5, 0.6) is 5.75 Å². The average Bonchev–Trinajstić information content (AvgIpc) is 2.45. The van der Waals surface area contributed by atoms with E-state index in [1.165, 1.54) is 6.08 Å². The van der Waals surface area contributed by atoms with Gasteiger partial charge in [-0.2, -0.15) is 0 Å². The summed E-state index contributed by atoms with van der Waals surface area (Å²) >= 11 is 0. The SMILES string of the molecule is C=CCNC(=O)C(=O)NCCc1ccccc1OC. The molecule has 0 heterocycles. The van der Waals surface area contributed by atoms with Crippen LogP contribution in [-0.2, 0) is 16.0 Å². The van der Waals surface area contributed by atoms with Crippen LogP contribution >= 0.6 is 0 Å². The summed E-state index contributed by atoms with van der Waals surface area (Å²) in [6.07, 6.45) is 2.12. The molecule has 0 spiro atoms. The summed E-state index contributed by atoms with van der Waals surface area (Å²) in [5.74, 6) is -0.524. The molecular weight excluding hydrogens is 244 g/mol. The third-order valence-electron chi connectivity index (χ3n) is 2.49. The van der Waals surface area contributed by atoms with Crippen LogP contribution in [0, 0.1) is 0 Å². The van der Waals surface area contributed by atoms with E-state index in [4.69, 9.17) is 4.74 Å². The summed E-state index contributed by atoms with van der Waals surface area (Å²) in [6, 6.07) is 7.55. The maximum atomic E-state index is 11.4. The van der Waals surface area contributed by atoms with Crippen LogP contribution in [0.4, 0.5) is 0 Å². The first kappa shape index (κ1) is 14.8. The van der Waals surface area contributed by atoms with Crippen molar-refractivity contribution in [1.29, 1.82) is 0 Å². The van der Waals surface area contributed by atoms with Crippen molar-refractivity contribution in [3.05, 3.63) is 42.5 Å². The molecule has 102 valence electrons. The van der Waals surface area contributed by atoms with E-state index in [9.17, 15) is 9.59 Å². The molecule has 5 heteroatoms. The number of carbonyl (C=O) groups excluding carboxylic acids is 2. The van der Waals surface area contributed by atoms with Gasteiger partial charge in [-0.1, -0.05) is 24.3 Å². The number of carbonyl (C=O) groups is 2. The van der Waals surface area contributed by atoms with E-state index in [-0.39, 0.29) is 6.54 Å². The molecule has 0 aliphatic carbocycles. The Morgan fingerprint density at radius 1 is 1.26 bits per heavy atom. The van der Waals surface area contributed by atoms with Gasteiger partial charge in [0.1, 0.15) is 5.75 Å². The fraction of sp³-hybridized carbons (Fsp3) is 0.286. The quantitative estimate of drug-likeness (QED) is 0.584. The van der Waals surface area contributed by atoms with E-state index < -0.39 is 11.8 Å². The molecule has 1 aromatic carbocycles. The van der Waals surface area contributed by atoms with E-state index in [1.54, 1.807) is 7.11 Å². The van der Waals surface area contributed by atoms with E-state index in [0.717, 1.165) is 11.3 Å². The fourth-order valence-electron chi connectivity index (χ4n) is 1.55. The molecule has 0 radical (unpaired) electrons. The molecule has 19 heavy (non-hydrogen) atoms. The summed E-state index contributed by atoms with van der Waals surface area (Å²) in [4.78, 5) is 22.7. The lowest BCUT2D eigenvalue weighted by Crippen LogP contribution is -2.40. The molecule has 0 saturated carbocycles. The third kappa shape index (κ3) is 4.83. The monoisotopic (exact) mass is 262 g/mol. The fourth-order valence-corrected chi connectivity index (χ4v) is 1.55. The smallest absolute Gasteiger partial charge is 0.309 e. The molecule has 0 aliphatic rings. The van der Waals surface area contributed by atoms with Crippen molar-refractivity contribution in [3.8, 4) is 5.75 Å². The van der Waals surface area contributed by atoms with Crippen molar-refractivity contribution in [1.82, 2.24) is 10.6 Å². The molecule has 0 aliphatic heterocycles. The van der Waals surface area contributed by atoms with Crippen LogP contribution in [0.25, 0.3) is 0 Å². The Labute approximate surface area is 112 Å². The highest BCUT2D eigenvalue weighted by Gasteiger charge is 2.11. The molecule has 1 aromatic rings. The van der Waals surface area contributed by atoms with Gasteiger partial charge in [-0.15, -0.1) is 6.58 Å². The van der Waals surface area contributed by atoms with Crippen molar-refractivity contribution in [2.75, 3.05) is 20.2 Å². The number of amides is 2. The molecule has 0 saturated heterocycles. The lowest BCUT2D eigenvalue weighted by Gasteiger charge is -2.08. The predicted octanol–water partition coefficient (Wildman–Crippen LogP) is 0.656. The van der Waals surface area contributed by atoms with Gasteiger partial charge in [0.15, 0.2) is 0 Å². The van der Waals surface area contributed by atoms with Crippen LogP contribution in [0.2, 0.25) is 0 Å². The van der Waals surface area contributed by atoms with Gasteiger partial charge in [0.2, 0.25) is 0 Å². The maximum Gasteiger partial charge on any atom is 0.309 e. The van der Waals surface area contributed by atoms with E-state index in [2.05, 4.69) is 17.2 Å². The van der Waals surface area contributed by atoms with Crippen molar-refractivity contribution in [2.45, 2.75) is 6.42 Å². The minimum atomic E-state index is -0.653. The molecule has 0 unspecified atom stereocenters. The topological polar surface area (TPSA) is 67.4 Å². The van der Waals surface area contributed by atoms with Gasteiger partial charge >= 0.3 is 11.8 Å². The zero-order chi connectivity index (χ0) is 14.1. The molecule has 5 nitrogen and oxygen atoms in total. The second-order valence-corrected chi connectivity index (χ2v) is 3.82. The van der Waals surface area contributed by atoms with Crippen molar-refractivity contribution in [3.63, 3.8) is 0 Å². The number of benzene rings is 1. The van der Waals surface area contributed by atoms with Crippen LogP contribution in [-0.4, -0.2) is 32.0 Å². The highest BCUT2D eigenvalue weighted by atomic mass is 16.5. The number of hydrogen-bond donors (Lipinski definition) is 2. The van der Waals surface area contributed by atoms with Gasteiger partial charge < -0.3 is 15.4 Å². The summed E-state index contributed by atoms with van der Waals surface area (Å²) in [6.45, 7) is 4.10. The average molecular weight is 262 g/mol. The first-order valence-electron chi connectivity index (χ1n) is 5.98. The van der Waals surface area contributed by atoms with Gasteiger partial charge in [0.25, 0.3) is 0 Å². The normalized spacial score (nSPS) is 9.53. The maximum absolute atomic E-state index is 11.4. The Kier molecular flexibility index (Phi) is 6.15. The van der Waals surface area contributed by atoms with Crippen molar-refractivity contribution >= 4 is 11.8 Å². The first-order valence-corrected chi connectivity index (χ1v) is 5.98. The largest absolute Gasteiger partial charge is 0.496 e. The van der Waals surface area contributed by atoms with Gasteiger partial charge in [-0.25, -0.2) is 0 Å². The minimum Gasteiger partial charge on any atom is -0.496 e. The molecule has 1 rings (SSSR count). The van der Waals surface area contributed by atoms with E-state index >= 15 is 0 Å². The van der Waals surface area contributed by atoms with Crippen LogP contribution in [0.15, 0.2) is 36.9 Å². The second kappa shape index (κ2) is 7.92. The number of nitrogens with one attached hydrogen (secondary N) is 2. The number of para-hydroxylation sites is 1. The zero-order valence-electron chi connectivity index (χ0n) is 10.9. The summed E-state index contributed by atoms with van der Waals surface area (Å²) in [5, 5.41) is 4.96. The summed E-state index contributed by atoms with van der Waals surface area (Å²) in [7, 11) is 1.60. The van der Waals surface area contributed by atoms with Crippen LogP contribution in [0.1, 0.15) is 5.56 Å². The molecule has 2 amide bonds. The Morgan fingerprint density at radius 3 is 2.63 bits per heavy atom. The van der Waals surface area contributed by atoms with Crippen molar-refractivity contribution in [2.24, 2.45) is 0 Å². The summed E-state index contributed by atoms with van der Waals surface area (Å²) in [5.41, 5.74) is 0.983. The zero-order valence-corrected chi connectivity index (χ0v) is 10.9. The Balaban J connectivity index is 2.39. The predicted molar refractivity (Wildman–Crippen MR) is 72.9 cm³/mol. The highest BCUT2D eigenvalue weighted by molar-refractivity contribution is 6.35. The lowest BCUT2D eigenvalue weighted by molar-refractivity contribution is -0.139. The van der Waals surface area contributed by atoms with E-state index in [0.29, 0.717) is 13.0 Å². The molecule has 0 bridgehead atoms. The molecule has 2 N–H and O–H groups in total. The van der Waals surface area contributed by atoms with Gasteiger partial charge in [-0.3, -0.25) is 9.59 Å². The molecule has 0 atom stereocenters. The van der Waals surface area contributed by atoms with Crippen LogP contribution < -0.4 is 15.4 Å². The number of ether oxygens (including phenoxy) is 1. The highest BCUT2D eigenvalue weighted by Crippen LogP contribution is 2.17. The van der Waals surface area contributed by atoms with Crippen molar-refractivity contribution < 1.29 is 14.3 Å². The summed E-state index contributed by atoms with van der Waals surface area (Å²) < 4.78 is 5.20. The Bertz CT molecular complexity index is 458. The standard InChI is InChI=1S/C14H18N2O3/c1-3-9-15-13(17)14(18)16-10-8-11-6-4-5-7-12(11)19-2/h3-7H,1,8-10H2,2H3,(H,15,17)(H,16,18). The number of rotatable bonds is 6. The van der Waals surface area contributed by atoms with Crippen LogP contribution in [0.3, 0.4) is 0 Å². The van der Waals surface area contributed by atoms with E-state index in [1.807, 2.05) is 24.3 Å². The number of hydrogen-bond acceptors (Lipinski definition) is 3. The number of methoxy groups -OCH3 is 1. The Morgan fingerprint density at radius 2 is 1.95 bits per heavy atom. The molecular formula is C14H18N2O3. The molecule has 0 aromatic heterocycles. The van der Waals surface area contributed by atoms with Gasteiger partial charge in [-0.05, 0) is 18.1 Å². The Hall–Kier alpha value is -2.30. The lowest BCUT2D eigenvalue weighted by atomic mass is 10.1. The third-order valence-corrected chi connectivity index (χ3v) is 2.49. The molecule has 0 fully saturated rings. The second-order valence-electron chi connectivity index (χ2n) is 3.82. The van der Waals surface area contributed by atoms with Gasteiger partial charge in [0, 0.05) is 13.1 Å². The minimum absolute atomic E-state index is 0.277. The first-order chi connectivity index (χ1) is 9.19. The van der Waals surface area contributed by atoms with Gasteiger partial charge in [0.05, 0.1) is 7.11 Å².